The number of amides is 1. The van der Waals surface area contributed by atoms with Crippen LogP contribution in [0.3, 0.4) is 0 Å². The first-order valence-electron chi connectivity index (χ1n) is 8.27. The van der Waals surface area contributed by atoms with Gasteiger partial charge in [0.25, 0.3) is 5.91 Å². The molecule has 7 nitrogen and oxygen atoms in total. The fraction of sp³-hybridized carbons (Fsp3) is 0.167. The Kier molecular flexibility index (Phi) is 4.55. The van der Waals surface area contributed by atoms with E-state index in [-0.39, 0.29) is 11.4 Å². The molecule has 10 heteroatoms. The zero-order chi connectivity index (χ0) is 19.8. The molecule has 0 saturated carbocycles. The maximum atomic E-state index is 13.0. The van der Waals surface area contributed by atoms with E-state index in [4.69, 9.17) is 5.73 Å². The van der Waals surface area contributed by atoms with Gasteiger partial charge in [-0.1, -0.05) is 0 Å². The SMILES string of the molecule is Cc1nc(-c2nccs2)nc(-n2cc(CC(F)F)c3cccnc32)c1C(N)=O. The molecular formula is C18H14F2N6OS. The number of aryl methyl sites for hydroxylation is 1. The van der Waals surface area contributed by atoms with Gasteiger partial charge in [-0.2, -0.15) is 0 Å². The van der Waals surface area contributed by atoms with Crippen LogP contribution in [0.4, 0.5) is 8.78 Å². The molecule has 28 heavy (non-hydrogen) atoms. The number of halogens is 2. The Labute approximate surface area is 161 Å². The Bertz CT molecular complexity index is 1170. The number of carbonyl (C=O) groups excluding carboxylic acids is 1. The third-order valence-electron chi connectivity index (χ3n) is 4.19. The molecule has 4 aromatic rings. The van der Waals surface area contributed by atoms with E-state index < -0.39 is 18.8 Å². The zero-order valence-electron chi connectivity index (χ0n) is 14.6. The standard InChI is InChI=1S/C18H14F2N6OS/c1-9-13(14(21)27)17(25-15(24-9)18-23-5-6-28-18)26-8-10(7-12(19)20)11-3-2-4-22-16(11)26/h2-6,8,12H,7H2,1H3,(H2,21,27). The van der Waals surface area contributed by atoms with Crippen LogP contribution in [0.5, 0.6) is 0 Å². The summed E-state index contributed by atoms with van der Waals surface area (Å²) in [6, 6.07) is 3.37. The third kappa shape index (κ3) is 3.11. The molecular weight excluding hydrogens is 386 g/mol. The molecule has 0 atom stereocenters. The number of fused-ring (bicyclic) bond motifs is 1. The van der Waals surface area contributed by atoms with E-state index in [2.05, 4.69) is 19.9 Å². The van der Waals surface area contributed by atoms with Crippen molar-refractivity contribution < 1.29 is 13.6 Å². The number of rotatable bonds is 5. The summed E-state index contributed by atoms with van der Waals surface area (Å²) in [6.45, 7) is 1.64. The fourth-order valence-electron chi connectivity index (χ4n) is 3.07. The van der Waals surface area contributed by atoms with Crippen LogP contribution in [0.25, 0.3) is 27.7 Å². The Morgan fingerprint density at radius 2 is 2.11 bits per heavy atom. The van der Waals surface area contributed by atoms with Gasteiger partial charge in [-0.15, -0.1) is 11.3 Å². The Hall–Kier alpha value is -3.27. The number of pyridine rings is 1. The predicted octanol–water partition coefficient (Wildman–Crippen LogP) is 3.15. The minimum Gasteiger partial charge on any atom is -0.365 e. The molecule has 4 heterocycles. The van der Waals surface area contributed by atoms with Crippen LogP contribution in [-0.4, -0.2) is 36.8 Å². The van der Waals surface area contributed by atoms with E-state index in [0.717, 1.165) is 0 Å². The van der Waals surface area contributed by atoms with E-state index >= 15 is 0 Å². The normalized spacial score (nSPS) is 11.4. The fourth-order valence-corrected chi connectivity index (χ4v) is 3.64. The van der Waals surface area contributed by atoms with Gasteiger partial charge >= 0.3 is 0 Å². The molecule has 0 aliphatic carbocycles. The number of thiazole rings is 1. The third-order valence-corrected chi connectivity index (χ3v) is 4.96. The molecule has 142 valence electrons. The molecule has 0 unspecified atom stereocenters. The highest BCUT2D eigenvalue weighted by Gasteiger charge is 2.23. The van der Waals surface area contributed by atoms with Gasteiger partial charge in [0.1, 0.15) is 11.2 Å². The summed E-state index contributed by atoms with van der Waals surface area (Å²) in [7, 11) is 0. The van der Waals surface area contributed by atoms with E-state index in [9.17, 15) is 13.6 Å². The highest BCUT2D eigenvalue weighted by atomic mass is 32.1. The summed E-state index contributed by atoms with van der Waals surface area (Å²) < 4.78 is 27.6. The summed E-state index contributed by atoms with van der Waals surface area (Å²) >= 11 is 1.34. The van der Waals surface area contributed by atoms with Gasteiger partial charge in [0.15, 0.2) is 16.6 Å². The summed E-state index contributed by atoms with van der Waals surface area (Å²) in [4.78, 5) is 29.4. The van der Waals surface area contributed by atoms with Crippen LogP contribution in [0.1, 0.15) is 21.6 Å². The largest absolute Gasteiger partial charge is 0.365 e. The molecule has 0 aliphatic heterocycles. The van der Waals surface area contributed by atoms with Crippen molar-refractivity contribution in [1.29, 1.82) is 0 Å². The highest BCUT2D eigenvalue weighted by molar-refractivity contribution is 7.13. The van der Waals surface area contributed by atoms with Crippen LogP contribution in [0.15, 0.2) is 36.1 Å². The smallest absolute Gasteiger partial charge is 0.254 e. The summed E-state index contributed by atoms with van der Waals surface area (Å²) in [5, 5.41) is 2.91. The van der Waals surface area contributed by atoms with Crippen molar-refractivity contribution in [3.8, 4) is 16.6 Å². The minimum atomic E-state index is -2.52. The highest BCUT2D eigenvalue weighted by Crippen LogP contribution is 2.28. The number of aromatic nitrogens is 5. The molecule has 0 fully saturated rings. The van der Waals surface area contributed by atoms with Crippen LogP contribution < -0.4 is 5.73 Å². The lowest BCUT2D eigenvalue weighted by molar-refractivity contribution is 0.0999. The lowest BCUT2D eigenvalue weighted by Crippen LogP contribution is -2.19. The van der Waals surface area contributed by atoms with E-state index in [0.29, 0.717) is 33.1 Å². The first-order valence-corrected chi connectivity index (χ1v) is 9.15. The van der Waals surface area contributed by atoms with Gasteiger partial charge in [0, 0.05) is 35.8 Å². The minimum absolute atomic E-state index is 0.103. The monoisotopic (exact) mass is 400 g/mol. The number of hydrogen-bond donors (Lipinski definition) is 1. The molecule has 4 aromatic heterocycles. The van der Waals surface area contributed by atoms with Gasteiger partial charge in [-0.05, 0) is 24.6 Å². The summed E-state index contributed by atoms with van der Waals surface area (Å²) in [5.41, 5.74) is 6.85. The van der Waals surface area contributed by atoms with Gasteiger partial charge < -0.3 is 5.73 Å². The zero-order valence-corrected chi connectivity index (χ0v) is 15.5. The second-order valence-corrected chi connectivity index (χ2v) is 6.92. The van der Waals surface area contributed by atoms with Crippen LogP contribution in [0.2, 0.25) is 0 Å². The number of nitrogens with zero attached hydrogens (tertiary/aromatic N) is 5. The van der Waals surface area contributed by atoms with Gasteiger partial charge in [0.05, 0.1) is 5.69 Å². The van der Waals surface area contributed by atoms with Crippen LogP contribution in [0, 0.1) is 6.92 Å². The van der Waals surface area contributed by atoms with Crippen molar-refractivity contribution in [3.05, 3.63) is 52.9 Å². The van der Waals surface area contributed by atoms with Crippen molar-refractivity contribution in [2.24, 2.45) is 5.73 Å². The Morgan fingerprint density at radius 3 is 2.79 bits per heavy atom. The first-order chi connectivity index (χ1) is 13.5. The lowest BCUT2D eigenvalue weighted by atomic mass is 10.2. The summed E-state index contributed by atoms with van der Waals surface area (Å²) in [5.74, 6) is -0.207. The summed E-state index contributed by atoms with van der Waals surface area (Å²) in [6.07, 6.45) is 1.72. The molecule has 0 bridgehead atoms. The van der Waals surface area contributed by atoms with Crippen LogP contribution in [-0.2, 0) is 6.42 Å². The number of hydrogen-bond acceptors (Lipinski definition) is 6. The average Bonchev–Trinajstić information content (AvgIpc) is 3.29. The van der Waals surface area contributed by atoms with Gasteiger partial charge in [0.2, 0.25) is 6.43 Å². The van der Waals surface area contributed by atoms with E-state index in [1.807, 2.05) is 0 Å². The van der Waals surface area contributed by atoms with E-state index in [1.165, 1.54) is 22.1 Å². The average molecular weight is 400 g/mol. The quantitative estimate of drug-likeness (QED) is 0.555. The molecule has 0 aromatic carbocycles. The first kappa shape index (κ1) is 18.1. The number of nitrogens with two attached hydrogens (primary N) is 1. The Balaban J connectivity index is 2.02. The van der Waals surface area contributed by atoms with Crippen molar-refractivity contribution in [3.63, 3.8) is 0 Å². The van der Waals surface area contributed by atoms with Crippen molar-refractivity contribution in [2.75, 3.05) is 0 Å². The van der Waals surface area contributed by atoms with Crippen molar-refractivity contribution >= 4 is 28.3 Å². The molecule has 4 rings (SSSR count). The van der Waals surface area contributed by atoms with Crippen molar-refractivity contribution in [1.82, 2.24) is 24.5 Å². The molecule has 1 amide bonds. The lowest BCUT2D eigenvalue weighted by Gasteiger charge is -2.11. The molecule has 0 radical (unpaired) electrons. The maximum Gasteiger partial charge on any atom is 0.254 e. The topological polar surface area (TPSA) is 99.6 Å². The molecule has 0 aliphatic rings. The molecule has 0 spiro atoms. The number of carbonyl (C=O) groups is 1. The molecule has 0 saturated heterocycles. The van der Waals surface area contributed by atoms with Crippen molar-refractivity contribution in [2.45, 2.75) is 19.8 Å². The number of primary amides is 1. The van der Waals surface area contributed by atoms with Gasteiger partial charge in [-0.3, -0.25) is 9.36 Å². The number of alkyl halides is 2. The molecule has 2 N–H and O–H groups in total. The van der Waals surface area contributed by atoms with E-state index in [1.54, 1.807) is 36.8 Å². The second-order valence-electron chi connectivity index (χ2n) is 6.03. The van der Waals surface area contributed by atoms with Gasteiger partial charge in [-0.25, -0.2) is 28.7 Å². The Morgan fingerprint density at radius 1 is 1.29 bits per heavy atom. The van der Waals surface area contributed by atoms with Crippen LogP contribution >= 0.6 is 11.3 Å². The predicted molar refractivity (Wildman–Crippen MR) is 101 cm³/mol. The second kappa shape index (κ2) is 7.04. The maximum absolute atomic E-state index is 13.0.